The van der Waals surface area contributed by atoms with Gasteiger partial charge in [0.15, 0.2) is 11.2 Å². The van der Waals surface area contributed by atoms with Crippen LogP contribution in [0.3, 0.4) is 0 Å². The largest absolute Gasteiger partial charge is 0.488 e. The van der Waals surface area contributed by atoms with Crippen LogP contribution in [-0.4, -0.2) is 11.6 Å². The molecule has 2 aromatic carbocycles. The fourth-order valence-corrected chi connectivity index (χ4v) is 3.75. The Morgan fingerprint density at radius 1 is 1.03 bits per heavy atom. The fourth-order valence-electron chi connectivity index (χ4n) is 3.21. The molecule has 0 unspecified atom stereocenters. The number of carbonyl (C=O) groups is 1. The molecule has 0 radical (unpaired) electrons. The van der Waals surface area contributed by atoms with Gasteiger partial charge in [-0.1, -0.05) is 34.1 Å². The van der Waals surface area contributed by atoms with E-state index in [0.29, 0.717) is 23.5 Å². The molecular formula is C23H21BrO5. The second-order valence-electron chi connectivity index (χ2n) is 7.82. The smallest absolute Gasteiger partial charge is 0.310 e. The van der Waals surface area contributed by atoms with Crippen LogP contribution in [0.15, 0.2) is 62.2 Å². The number of carbonyl (C=O) groups excluding carboxylic acids is 1. The Labute approximate surface area is 176 Å². The summed E-state index contributed by atoms with van der Waals surface area (Å²) in [6.07, 6.45) is 3.47. The highest BCUT2D eigenvalue weighted by atomic mass is 79.9. The molecule has 2 heterocycles. The van der Waals surface area contributed by atoms with Gasteiger partial charge in [-0.25, -0.2) is 0 Å². The van der Waals surface area contributed by atoms with Crippen LogP contribution in [0.5, 0.6) is 5.75 Å². The van der Waals surface area contributed by atoms with Crippen LogP contribution < -0.4 is 4.74 Å². The first-order valence-electron chi connectivity index (χ1n) is 9.30. The van der Waals surface area contributed by atoms with Gasteiger partial charge in [-0.15, -0.1) is 0 Å². The zero-order chi connectivity index (χ0) is 20.6. The Morgan fingerprint density at radius 3 is 2.59 bits per heavy atom. The first-order chi connectivity index (χ1) is 13.8. The van der Waals surface area contributed by atoms with Crippen molar-refractivity contribution in [1.82, 2.24) is 0 Å². The summed E-state index contributed by atoms with van der Waals surface area (Å²) in [5.74, 6) is 0.359. The lowest BCUT2D eigenvalue weighted by Crippen LogP contribution is -2.25. The molecule has 0 N–H and O–H groups in total. The summed E-state index contributed by atoms with van der Waals surface area (Å²) in [5.41, 5.74) is 2.54. The van der Waals surface area contributed by atoms with E-state index in [9.17, 15) is 4.79 Å². The van der Waals surface area contributed by atoms with Gasteiger partial charge in [0.2, 0.25) is 0 Å². The third kappa shape index (κ3) is 4.17. The quantitative estimate of drug-likeness (QED) is 0.325. The monoisotopic (exact) mass is 456 g/mol. The summed E-state index contributed by atoms with van der Waals surface area (Å²) in [4.78, 5) is 12.2. The minimum absolute atomic E-state index is 0.151. The predicted molar refractivity (Wildman–Crippen MR) is 114 cm³/mol. The predicted octanol–water partition coefficient (Wildman–Crippen LogP) is 6.40. The molecule has 4 aromatic rings. The molecule has 0 saturated carbocycles. The Balaban J connectivity index is 1.56. The number of furan rings is 2. The summed E-state index contributed by atoms with van der Waals surface area (Å²) in [6, 6.07) is 11.4. The van der Waals surface area contributed by atoms with Crippen LogP contribution >= 0.6 is 15.9 Å². The van der Waals surface area contributed by atoms with Crippen molar-refractivity contribution < 1.29 is 23.1 Å². The number of hydrogen-bond donors (Lipinski definition) is 0. The zero-order valence-electron chi connectivity index (χ0n) is 16.5. The summed E-state index contributed by atoms with van der Waals surface area (Å²) in [7, 11) is 0. The van der Waals surface area contributed by atoms with Crippen molar-refractivity contribution in [2.24, 2.45) is 0 Å². The van der Waals surface area contributed by atoms with E-state index in [1.807, 2.05) is 57.2 Å². The molecule has 0 atom stereocenters. The van der Waals surface area contributed by atoms with Crippen LogP contribution in [0.1, 0.15) is 31.9 Å². The number of para-hydroxylation sites is 1. The van der Waals surface area contributed by atoms with E-state index in [0.717, 1.165) is 26.4 Å². The molecule has 0 amide bonds. The highest BCUT2D eigenvalue weighted by molar-refractivity contribution is 9.10. The van der Waals surface area contributed by atoms with Crippen molar-refractivity contribution in [1.29, 1.82) is 0 Å². The number of rotatable bonds is 5. The van der Waals surface area contributed by atoms with Crippen molar-refractivity contribution in [2.75, 3.05) is 0 Å². The maximum Gasteiger partial charge on any atom is 0.310 e. The van der Waals surface area contributed by atoms with Crippen molar-refractivity contribution in [3.05, 3.63) is 64.5 Å². The molecular weight excluding hydrogens is 436 g/mol. The minimum Gasteiger partial charge on any atom is -0.488 e. The molecule has 0 spiro atoms. The molecule has 5 nitrogen and oxygen atoms in total. The van der Waals surface area contributed by atoms with Crippen LogP contribution in [0.25, 0.3) is 21.9 Å². The molecule has 0 aliphatic rings. The van der Waals surface area contributed by atoms with Gasteiger partial charge < -0.3 is 18.3 Å². The molecule has 0 aliphatic heterocycles. The maximum absolute atomic E-state index is 12.2. The first kappa shape index (κ1) is 19.6. The third-order valence-corrected chi connectivity index (χ3v) is 5.08. The summed E-state index contributed by atoms with van der Waals surface area (Å²) >= 11 is 3.58. The molecule has 29 heavy (non-hydrogen) atoms. The molecule has 2 aromatic heterocycles. The number of benzene rings is 2. The van der Waals surface area contributed by atoms with E-state index in [-0.39, 0.29) is 12.4 Å². The van der Waals surface area contributed by atoms with Crippen molar-refractivity contribution >= 4 is 43.8 Å². The van der Waals surface area contributed by atoms with Gasteiger partial charge in [0.25, 0.3) is 0 Å². The van der Waals surface area contributed by atoms with Crippen LogP contribution in [0, 0.1) is 0 Å². The molecule has 150 valence electrons. The average molecular weight is 457 g/mol. The maximum atomic E-state index is 12.2. The third-order valence-electron chi connectivity index (χ3n) is 4.42. The van der Waals surface area contributed by atoms with Gasteiger partial charge in [-0.3, -0.25) is 4.79 Å². The Bertz CT molecular complexity index is 1180. The average Bonchev–Trinajstić information content (AvgIpc) is 3.26. The standard InChI is InChI=1S/C23H21BrO5/c1-23(2,3)29-20(25)10-14-6-4-5-7-19(14)27-12-15-13-28-22-17(15)11-18(24)16-8-9-26-21(16)22/h4-9,11,13H,10,12H2,1-3H3. The minimum atomic E-state index is -0.521. The molecule has 0 bridgehead atoms. The normalized spacial score (nSPS) is 11.9. The summed E-state index contributed by atoms with van der Waals surface area (Å²) in [6.45, 7) is 5.86. The Hall–Kier alpha value is -2.73. The molecule has 0 fully saturated rings. The highest BCUT2D eigenvalue weighted by Crippen LogP contribution is 2.35. The van der Waals surface area contributed by atoms with Gasteiger partial charge >= 0.3 is 5.97 Å². The SMILES string of the molecule is CC(C)(C)OC(=O)Cc1ccccc1OCc1coc2c1cc(Br)c1ccoc12. The zero-order valence-corrected chi connectivity index (χ0v) is 18.0. The Kier molecular flexibility index (Phi) is 5.13. The summed E-state index contributed by atoms with van der Waals surface area (Å²) < 4.78 is 23.7. The van der Waals surface area contributed by atoms with Gasteiger partial charge in [0.05, 0.1) is 18.9 Å². The second kappa shape index (κ2) is 7.59. The number of fused-ring (bicyclic) bond motifs is 3. The number of halogens is 1. The van der Waals surface area contributed by atoms with Gasteiger partial charge in [-0.05, 0) is 39.0 Å². The van der Waals surface area contributed by atoms with E-state index < -0.39 is 5.60 Å². The fraction of sp³-hybridized carbons (Fsp3) is 0.261. The van der Waals surface area contributed by atoms with E-state index in [2.05, 4.69) is 15.9 Å². The van der Waals surface area contributed by atoms with Gasteiger partial charge in [-0.2, -0.15) is 0 Å². The van der Waals surface area contributed by atoms with Crippen molar-refractivity contribution in [3.63, 3.8) is 0 Å². The second-order valence-corrected chi connectivity index (χ2v) is 8.67. The summed E-state index contributed by atoms with van der Waals surface area (Å²) in [5, 5.41) is 1.88. The topological polar surface area (TPSA) is 61.8 Å². The van der Waals surface area contributed by atoms with E-state index >= 15 is 0 Å². The lowest BCUT2D eigenvalue weighted by molar-refractivity contribution is -0.153. The van der Waals surface area contributed by atoms with Crippen LogP contribution in [-0.2, 0) is 22.6 Å². The molecule has 0 aliphatic carbocycles. The van der Waals surface area contributed by atoms with Crippen LogP contribution in [0.2, 0.25) is 0 Å². The van der Waals surface area contributed by atoms with Crippen molar-refractivity contribution in [3.8, 4) is 5.75 Å². The van der Waals surface area contributed by atoms with E-state index in [1.165, 1.54) is 0 Å². The molecule has 6 heteroatoms. The number of esters is 1. The number of hydrogen-bond acceptors (Lipinski definition) is 5. The Morgan fingerprint density at radius 2 is 1.79 bits per heavy atom. The van der Waals surface area contributed by atoms with Crippen LogP contribution in [0.4, 0.5) is 0 Å². The van der Waals surface area contributed by atoms with Crippen molar-refractivity contribution in [2.45, 2.75) is 39.4 Å². The highest BCUT2D eigenvalue weighted by Gasteiger charge is 2.19. The lowest BCUT2D eigenvalue weighted by Gasteiger charge is -2.20. The van der Waals surface area contributed by atoms with E-state index in [1.54, 1.807) is 12.5 Å². The van der Waals surface area contributed by atoms with Gasteiger partial charge in [0.1, 0.15) is 18.0 Å². The lowest BCUT2D eigenvalue weighted by atomic mass is 10.1. The van der Waals surface area contributed by atoms with Gasteiger partial charge in [0, 0.05) is 26.4 Å². The first-order valence-corrected chi connectivity index (χ1v) is 10.1. The molecule has 4 rings (SSSR count). The van der Waals surface area contributed by atoms with E-state index in [4.69, 9.17) is 18.3 Å². The molecule has 0 saturated heterocycles. The number of ether oxygens (including phenoxy) is 2.